The van der Waals surface area contributed by atoms with Crippen LogP contribution in [0.4, 0.5) is 5.82 Å². The number of hydrogen-bond acceptors (Lipinski definition) is 4. The zero-order valence-electron chi connectivity index (χ0n) is 17.5. The molecule has 1 aliphatic heterocycles. The second kappa shape index (κ2) is 11.5. The van der Waals surface area contributed by atoms with Gasteiger partial charge in [-0.15, -0.1) is 0 Å². The van der Waals surface area contributed by atoms with Crippen LogP contribution in [0.3, 0.4) is 0 Å². The van der Waals surface area contributed by atoms with Crippen LogP contribution in [0.15, 0.2) is 12.3 Å². The van der Waals surface area contributed by atoms with Gasteiger partial charge in [0.2, 0.25) is 0 Å². The van der Waals surface area contributed by atoms with Gasteiger partial charge in [-0.05, 0) is 0 Å². The number of hydrogen-bond donors (Lipinski definition) is 0. The molecule has 148 valence electrons. The van der Waals surface area contributed by atoms with Crippen LogP contribution < -0.4 is 8.74 Å². The van der Waals surface area contributed by atoms with Gasteiger partial charge in [-0.1, -0.05) is 0 Å². The van der Waals surface area contributed by atoms with Gasteiger partial charge in [0, 0.05) is 0 Å². The molecule has 0 aromatic carbocycles. The molecule has 1 aromatic heterocycles. The predicted octanol–water partition coefficient (Wildman–Crippen LogP) is 4.76. The van der Waals surface area contributed by atoms with E-state index < -0.39 is 18.4 Å². The molecule has 1 aromatic rings. The summed E-state index contributed by atoms with van der Waals surface area (Å²) in [5, 5.41) is 0. The minimum absolute atomic E-state index is 0.401. The molecule has 4 nitrogen and oxygen atoms in total. The third-order valence-corrected chi connectivity index (χ3v) is 20.4. The Hall–Kier alpha value is -0.361. The maximum absolute atomic E-state index is 5.62. The summed E-state index contributed by atoms with van der Waals surface area (Å²) in [6, 6.07) is 2.51. The Morgan fingerprint density at radius 3 is 2.23 bits per heavy atom. The SMILES string of the molecule is CCC[CH2][Sn]([CH2]CCC)([CH2]CCC)[c]1nccc(N2CCOCC2C)n1. The van der Waals surface area contributed by atoms with E-state index in [2.05, 4.69) is 38.7 Å². The first-order valence-electron chi connectivity index (χ1n) is 10.8. The van der Waals surface area contributed by atoms with Crippen molar-refractivity contribution < 1.29 is 4.74 Å². The molecule has 2 rings (SSSR count). The number of aromatic nitrogens is 2. The van der Waals surface area contributed by atoms with Gasteiger partial charge in [0.15, 0.2) is 0 Å². The van der Waals surface area contributed by atoms with Crippen molar-refractivity contribution in [1.82, 2.24) is 9.97 Å². The summed E-state index contributed by atoms with van der Waals surface area (Å²) in [4.78, 5) is 12.6. The average Bonchev–Trinajstić information content (AvgIpc) is 2.68. The first-order chi connectivity index (χ1) is 12.7. The number of anilines is 1. The molecule has 0 saturated carbocycles. The molecule has 1 aliphatic rings. The molecule has 1 atom stereocenters. The summed E-state index contributed by atoms with van der Waals surface area (Å²) in [5.41, 5.74) is 0. The van der Waals surface area contributed by atoms with Gasteiger partial charge >= 0.3 is 165 Å². The van der Waals surface area contributed by atoms with Crippen molar-refractivity contribution in [3.05, 3.63) is 12.3 Å². The summed E-state index contributed by atoms with van der Waals surface area (Å²) in [6.45, 7) is 11.8. The van der Waals surface area contributed by atoms with Gasteiger partial charge in [-0.2, -0.15) is 0 Å². The second-order valence-corrected chi connectivity index (χ2v) is 20.8. The Bertz CT molecular complexity index is 504. The van der Waals surface area contributed by atoms with Gasteiger partial charge in [0.25, 0.3) is 0 Å². The van der Waals surface area contributed by atoms with E-state index in [1.165, 1.54) is 55.7 Å². The van der Waals surface area contributed by atoms with Crippen molar-refractivity contribution in [2.75, 3.05) is 24.7 Å². The summed E-state index contributed by atoms with van der Waals surface area (Å²) in [6.07, 6.45) is 9.96. The van der Waals surface area contributed by atoms with Gasteiger partial charge in [0.05, 0.1) is 0 Å². The molecule has 1 unspecified atom stereocenters. The number of rotatable bonds is 11. The van der Waals surface area contributed by atoms with Crippen LogP contribution >= 0.6 is 0 Å². The first-order valence-corrected chi connectivity index (χ1v) is 18.3. The van der Waals surface area contributed by atoms with E-state index in [4.69, 9.17) is 14.7 Å². The zero-order chi connectivity index (χ0) is 18.8. The number of unbranched alkanes of at least 4 members (excludes halogenated alkanes) is 3. The van der Waals surface area contributed by atoms with Crippen molar-refractivity contribution in [2.45, 2.75) is 85.6 Å². The Morgan fingerprint density at radius 1 is 1.08 bits per heavy atom. The standard InChI is InChI=1S/C9H12N3O.3C4H9.Sn/c1-8-6-13-5-4-12(8)9-2-3-10-7-11-9;3*1-3-4-2;/h2-3,8H,4-6H2,1H3;3*1,3-4H2,2H3;. The molecule has 0 aliphatic carbocycles. The van der Waals surface area contributed by atoms with E-state index in [0.29, 0.717) is 6.04 Å². The van der Waals surface area contributed by atoms with Crippen LogP contribution in [0.25, 0.3) is 0 Å². The quantitative estimate of drug-likeness (QED) is 0.440. The third kappa shape index (κ3) is 5.82. The van der Waals surface area contributed by atoms with Crippen molar-refractivity contribution in [1.29, 1.82) is 0 Å². The number of nitrogens with zero attached hydrogens (tertiary/aromatic N) is 3. The van der Waals surface area contributed by atoms with Crippen molar-refractivity contribution in [3.63, 3.8) is 0 Å². The van der Waals surface area contributed by atoms with Gasteiger partial charge in [0.1, 0.15) is 0 Å². The molecule has 2 heterocycles. The molecule has 0 radical (unpaired) electrons. The van der Waals surface area contributed by atoms with Crippen LogP contribution in [-0.4, -0.2) is 54.1 Å². The monoisotopic (exact) mass is 469 g/mol. The van der Waals surface area contributed by atoms with Gasteiger partial charge in [-0.3, -0.25) is 0 Å². The second-order valence-electron chi connectivity index (χ2n) is 7.95. The van der Waals surface area contributed by atoms with Crippen LogP contribution in [0.5, 0.6) is 0 Å². The van der Waals surface area contributed by atoms with E-state index >= 15 is 0 Å². The summed E-state index contributed by atoms with van der Waals surface area (Å²) in [7, 11) is 0. The Kier molecular flexibility index (Phi) is 9.68. The summed E-state index contributed by atoms with van der Waals surface area (Å²) >= 11 is -2.54. The molecule has 1 fully saturated rings. The number of ether oxygens (including phenoxy) is 1. The normalized spacial score (nSPS) is 18.3. The Morgan fingerprint density at radius 2 is 1.69 bits per heavy atom. The molecule has 0 spiro atoms. The summed E-state index contributed by atoms with van der Waals surface area (Å²) in [5.74, 6) is 1.14. The number of morpholine rings is 1. The van der Waals surface area contributed by atoms with E-state index in [-0.39, 0.29) is 0 Å². The van der Waals surface area contributed by atoms with E-state index in [0.717, 1.165) is 25.6 Å². The fraction of sp³-hybridized carbons (Fsp3) is 0.810. The molecular formula is C21H39N3OSn. The topological polar surface area (TPSA) is 38.2 Å². The fourth-order valence-corrected chi connectivity index (χ4v) is 19.0. The minimum atomic E-state index is -2.54. The first kappa shape index (κ1) is 21.9. The van der Waals surface area contributed by atoms with Crippen molar-refractivity contribution in [3.8, 4) is 0 Å². The van der Waals surface area contributed by atoms with Crippen LogP contribution in [0.2, 0.25) is 13.3 Å². The van der Waals surface area contributed by atoms with Crippen molar-refractivity contribution in [2.24, 2.45) is 0 Å². The Balaban J connectivity index is 2.33. The molecule has 1 saturated heterocycles. The van der Waals surface area contributed by atoms with Gasteiger partial charge in [-0.25, -0.2) is 0 Å². The molecule has 0 N–H and O–H groups in total. The summed E-state index contributed by atoms with van der Waals surface area (Å²) < 4.78 is 11.2. The van der Waals surface area contributed by atoms with Crippen LogP contribution in [0.1, 0.15) is 66.2 Å². The predicted molar refractivity (Wildman–Crippen MR) is 114 cm³/mol. The van der Waals surface area contributed by atoms with Crippen LogP contribution in [0, 0.1) is 0 Å². The van der Waals surface area contributed by atoms with E-state index in [9.17, 15) is 0 Å². The third-order valence-electron chi connectivity index (χ3n) is 5.80. The molecule has 5 heteroatoms. The van der Waals surface area contributed by atoms with E-state index in [1.54, 1.807) is 0 Å². The Labute approximate surface area is 165 Å². The zero-order valence-corrected chi connectivity index (χ0v) is 20.3. The molecule has 0 amide bonds. The van der Waals surface area contributed by atoms with E-state index in [1.807, 2.05) is 6.20 Å². The van der Waals surface area contributed by atoms with Crippen LogP contribution in [-0.2, 0) is 4.74 Å². The fourth-order valence-electron chi connectivity index (χ4n) is 4.09. The van der Waals surface area contributed by atoms with Gasteiger partial charge < -0.3 is 0 Å². The van der Waals surface area contributed by atoms with Crippen molar-refractivity contribution >= 4 is 28.0 Å². The molecule has 26 heavy (non-hydrogen) atoms. The maximum atomic E-state index is 5.62. The molecular weight excluding hydrogens is 429 g/mol. The molecule has 0 bridgehead atoms. The average molecular weight is 468 g/mol.